The average Bonchev–Trinajstić information content (AvgIpc) is 2.80. The van der Waals surface area contributed by atoms with Gasteiger partial charge in [-0.3, -0.25) is 4.90 Å². The van der Waals surface area contributed by atoms with Gasteiger partial charge < -0.3 is 14.9 Å². The number of hydrogen-bond donors (Lipinski definition) is 1. The molecule has 5 nitrogen and oxygen atoms in total. The largest absolute Gasteiger partial charge is 0.439 e. The number of rotatable bonds is 3. The summed E-state index contributed by atoms with van der Waals surface area (Å²) in [6.07, 6.45) is 2.62. The number of ether oxygens (including phenoxy) is 1. The number of fused-ring (bicyclic) bond motifs is 1. The SMILES string of the molecule is COC1CCCN(Cc2nc3cc(N)ccc3o2)C1. The average molecular weight is 261 g/mol. The lowest BCUT2D eigenvalue weighted by atomic mass is 10.1. The Labute approximate surface area is 112 Å². The third-order valence-corrected chi connectivity index (χ3v) is 3.61. The second-order valence-corrected chi connectivity index (χ2v) is 5.07. The van der Waals surface area contributed by atoms with Gasteiger partial charge in [0.15, 0.2) is 5.58 Å². The lowest BCUT2D eigenvalue weighted by Crippen LogP contribution is -2.38. The Hall–Kier alpha value is -1.59. The maximum absolute atomic E-state index is 5.75. The molecule has 2 heterocycles. The van der Waals surface area contributed by atoms with Gasteiger partial charge in [-0.15, -0.1) is 0 Å². The Morgan fingerprint density at radius 1 is 1.53 bits per heavy atom. The van der Waals surface area contributed by atoms with Gasteiger partial charge in [0.05, 0.1) is 12.6 Å². The summed E-state index contributed by atoms with van der Waals surface area (Å²) < 4.78 is 11.2. The van der Waals surface area contributed by atoms with Crippen molar-refractivity contribution in [3.63, 3.8) is 0 Å². The molecule has 1 aliphatic heterocycles. The van der Waals surface area contributed by atoms with Gasteiger partial charge in [0.2, 0.25) is 5.89 Å². The molecule has 0 radical (unpaired) electrons. The Morgan fingerprint density at radius 2 is 2.42 bits per heavy atom. The molecule has 2 aromatic rings. The maximum Gasteiger partial charge on any atom is 0.209 e. The van der Waals surface area contributed by atoms with Crippen LogP contribution >= 0.6 is 0 Å². The highest BCUT2D eigenvalue weighted by Crippen LogP contribution is 2.21. The first-order valence-corrected chi connectivity index (χ1v) is 6.64. The monoisotopic (exact) mass is 261 g/mol. The fourth-order valence-electron chi connectivity index (χ4n) is 2.60. The van der Waals surface area contributed by atoms with Crippen molar-refractivity contribution in [3.8, 4) is 0 Å². The van der Waals surface area contributed by atoms with Crippen molar-refractivity contribution in [2.75, 3.05) is 25.9 Å². The molecule has 0 spiro atoms. The minimum absolute atomic E-state index is 0.328. The van der Waals surface area contributed by atoms with E-state index in [2.05, 4.69) is 9.88 Å². The zero-order valence-electron chi connectivity index (χ0n) is 11.1. The van der Waals surface area contributed by atoms with Crippen LogP contribution in [0.4, 0.5) is 5.69 Å². The molecule has 1 aromatic heterocycles. The number of nitrogen functional groups attached to an aromatic ring is 1. The third-order valence-electron chi connectivity index (χ3n) is 3.61. The molecule has 0 amide bonds. The zero-order chi connectivity index (χ0) is 13.2. The molecule has 0 bridgehead atoms. The van der Waals surface area contributed by atoms with Crippen LogP contribution in [0.5, 0.6) is 0 Å². The lowest BCUT2D eigenvalue weighted by molar-refractivity contribution is 0.0259. The Kier molecular flexibility index (Phi) is 3.40. The first-order chi connectivity index (χ1) is 9.24. The van der Waals surface area contributed by atoms with Gasteiger partial charge in [-0.2, -0.15) is 0 Å². The van der Waals surface area contributed by atoms with Crippen LogP contribution < -0.4 is 5.73 Å². The van der Waals surface area contributed by atoms with Gasteiger partial charge in [0, 0.05) is 19.3 Å². The van der Waals surface area contributed by atoms with Gasteiger partial charge in [0.25, 0.3) is 0 Å². The van der Waals surface area contributed by atoms with Crippen molar-refractivity contribution >= 4 is 16.8 Å². The summed E-state index contributed by atoms with van der Waals surface area (Å²) >= 11 is 0. The van der Waals surface area contributed by atoms with Crippen LogP contribution in [0.15, 0.2) is 22.6 Å². The summed E-state index contributed by atoms with van der Waals surface area (Å²) in [5.41, 5.74) is 8.08. The molecule has 2 N–H and O–H groups in total. The summed E-state index contributed by atoms with van der Waals surface area (Å²) in [5, 5.41) is 0. The zero-order valence-corrected chi connectivity index (χ0v) is 11.1. The number of likely N-dealkylation sites (tertiary alicyclic amines) is 1. The summed E-state index contributed by atoms with van der Waals surface area (Å²) in [6, 6.07) is 5.55. The predicted molar refractivity (Wildman–Crippen MR) is 73.7 cm³/mol. The van der Waals surface area contributed by atoms with Crippen LogP contribution in [0.1, 0.15) is 18.7 Å². The molecule has 102 valence electrons. The summed E-state index contributed by atoms with van der Waals surface area (Å²) in [6.45, 7) is 2.74. The molecule has 1 aliphatic rings. The quantitative estimate of drug-likeness (QED) is 0.856. The van der Waals surface area contributed by atoms with E-state index in [0.29, 0.717) is 11.8 Å². The molecular weight excluding hydrogens is 242 g/mol. The molecule has 3 rings (SSSR count). The molecule has 19 heavy (non-hydrogen) atoms. The van der Waals surface area contributed by atoms with E-state index < -0.39 is 0 Å². The standard InChI is InChI=1S/C14H19N3O2/c1-18-11-3-2-6-17(8-11)9-14-16-12-7-10(15)4-5-13(12)19-14/h4-5,7,11H,2-3,6,8-9,15H2,1H3. The molecule has 1 atom stereocenters. The number of nitrogens with two attached hydrogens (primary N) is 1. The fraction of sp³-hybridized carbons (Fsp3) is 0.500. The second kappa shape index (κ2) is 5.19. The Balaban J connectivity index is 1.74. The van der Waals surface area contributed by atoms with Crippen LogP contribution in [0, 0.1) is 0 Å². The first-order valence-electron chi connectivity index (χ1n) is 6.64. The van der Waals surface area contributed by atoms with Gasteiger partial charge in [-0.25, -0.2) is 4.98 Å². The Morgan fingerprint density at radius 3 is 3.26 bits per heavy atom. The molecule has 0 aliphatic carbocycles. The van der Waals surface area contributed by atoms with Gasteiger partial charge in [0.1, 0.15) is 5.52 Å². The number of oxazole rings is 1. The van der Waals surface area contributed by atoms with E-state index in [9.17, 15) is 0 Å². The van der Waals surface area contributed by atoms with Crippen LogP contribution in [0.3, 0.4) is 0 Å². The van der Waals surface area contributed by atoms with Crippen LogP contribution in [0.25, 0.3) is 11.1 Å². The van der Waals surface area contributed by atoms with E-state index in [0.717, 1.165) is 49.5 Å². The number of anilines is 1. The molecule has 1 fully saturated rings. The topological polar surface area (TPSA) is 64.5 Å². The fourth-order valence-corrected chi connectivity index (χ4v) is 2.60. The minimum atomic E-state index is 0.328. The van der Waals surface area contributed by atoms with Crippen molar-refractivity contribution < 1.29 is 9.15 Å². The molecular formula is C14H19N3O2. The molecule has 5 heteroatoms. The lowest BCUT2D eigenvalue weighted by Gasteiger charge is -2.30. The summed E-state index contributed by atoms with van der Waals surface area (Å²) in [7, 11) is 1.77. The van der Waals surface area contributed by atoms with E-state index in [1.807, 2.05) is 18.2 Å². The van der Waals surface area contributed by atoms with Crippen LogP contribution in [0.2, 0.25) is 0 Å². The number of benzene rings is 1. The van der Waals surface area contributed by atoms with Crippen LogP contribution in [-0.2, 0) is 11.3 Å². The Bertz CT molecular complexity index is 567. The molecule has 1 saturated heterocycles. The van der Waals surface area contributed by atoms with Crippen molar-refractivity contribution in [1.29, 1.82) is 0 Å². The molecule has 0 saturated carbocycles. The summed E-state index contributed by atoms with van der Waals surface area (Å²) in [5.74, 6) is 0.748. The van der Waals surface area contributed by atoms with Crippen molar-refractivity contribution in [2.24, 2.45) is 0 Å². The highest BCUT2D eigenvalue weighted by atomic mass is 16.5. The maximum atomic E-state index is 5.75. The van der Waals surface area contributed by atoms with E-state index in [-0.39, 0.29) is 0 Å². The normalized spacial score (nSPS) is 21.0. The van der Waals surface area contributed by atoms with Gasteiger partial charge in [-0.1, -0.05) is 0 Å². The van der Waals surface area contributed by atoms with E-state index in [1.165, 1.54) is 0 Å². The third kappa shape index (κ3) is 2.72. The van der Waals surface area contributed by atoms with Crippen LogP contribution in [-0.4, -0.2) is 36.2 Å². The highest BCUT2D eigenvalue weighted by Gasteiger charge is 2.21. The number of nitrogens with zero attached hydrogens (tertiary/aromatic N) is 2. The number of piperidine rings is 1. The molecule has 1 aromatic carbocycles. The minimum Gasteiger partial charge on any atom is -0.439 e. The first kappa shape index (κ1) is 12.4. The van der Waals surface area contributed by atoms with E-state index in [4.69, 9.17) is 14.9 Å². The smallest absolute Gasteiger partial charge is 0.209 e. The van der Waals surface area contributed by atoms with E-state index in [1.54, 1.807) is 7.11 Å². The van der Waals surface area contributed by atoms with Crippen molar-refractivity contribution in [3.05, 3.63) is 24.1 Å². The second-order valence-electron chi connectivity index (χ2n) is 5.07. The molecule has 1 unspecified atom stereocenters. The summed E-state index contributed by atoms with van der Waals surface area (Å²) in [4.78, 5) is 6.81. The number of aromatic nitrogens is 1. The van der Waals surface area contributed by atoms with Gasteiger partial charge >= 0.3 is 0 Å². The number of methoxy groups -OCH3 is 1. The predicted octanol–water partition coefficient (Wildman–Crippen LogP) is 2.02. The van der Waals surface area contributed by atoms with Crippen molar-refractivity contribution in [2.45, 2.75) is 25.5 Å². The van der Waals surface area contributed by atoms with Crippen molar-refractivity contribution in [1.82, 2.24) is 9.88 Å². The number of hydrogen-bond acceptors (Lipinski definition) is 5. The highest BCUT2D eigenvalue weighted by molar-refractivity contribution is 5.76. The van der Waals surface area contributed by atoms with E-state index >= 15 is 0 Å². The van der Waals surface area contributed by atoms with Gasteiger partial charge in [-0.05, 0) is 37.6 Å².